The lowest BCUT2D eigenvalue weighted by Crippen LogP contribution is -2.63. The van der Waals surface area contributed by atoms with Crippen LogP contribution in [0.2, 0.25) is 0 Å². The number of halogens is 13. The van der Waals surface area contributed by atoms with E-state index in [2.05, 4.69) is 16.0 Å². The summed E-state index contributed by atoms with van der Waals surface area (Å²) in [6.07, 6.45) is -16.6. The number of rotatable bonds is 12. The zero-order chi connectivity index (χ0) is 57.6. The molecule has 12 nitrogen and oxygen atoms in total. The number of alkyl halides is 12. The van der Waals surface area contributed by atoms with Gasteiger partial charge in [0.15, 0.2) is 0 Å². The quantitative estimate of drug-likeness (QED) is 0.121. The summed E-state index contributed by atoms with van der Waals surface area (Å²) in [5.41, 5.74) is -7.34. The van der Waals surface area contributed by atoms with Crippen LogP contribution in [0.4, 0.5) is 67.1 Å². The van der Waals surface area contributed by atoms with E-state index >= 15 is 0 Å². The van der Waals surface area contributed by atoms with Crippen LogP contribution in [0.3, 0.4) is 0 Å². The molecule has 2 atom stereocenters. The number of nitrogens with zero attached hydrogens (tertiary/aromatic N) is 3. The van der Waals surface area contributed by atoms with Crippen molar-refractivity contribution in [3.8, 4) is 0 Å². The molecular weight excluding hydrogens is 1100 g/mol. The van der Waals surface area contributed by atoms with Gasteiger partial charge in [0.1, 0.15) is 5.60 Å². The fourth-order valence-corrected chi connectivity index (χ4v) is 10.2. The van der Waals surface area contributed by atoms with Crippen molar-refractivity contribution in [3.63, 3.8) is 0 Å². The molecule has 4 heterocycles. The standard InChI is InChI=1S/C30H35F6N3O4.C25H27F6N3O2.ClH/c1-27(2,3)43-26(41)38-12-9-24(10-13-38)39-14-11-28(37-25(39)40,21-7-5-4-6-8-21)19-42-18-20-15-22(29(31,32)33)17-23(16-20)30(34,35)36;26-24(27,28)19-12-17(13-20(14-19)25(29,30)31)15-36-16-23(18-4-2-1-3-5-18)8-11-34(22(35)33-23)21-6-9-32-10-7-21;/h4-8,15-17,24H,9-14,18-19H2,1-3H3,(H,37,40);1-5,12-14,21,32H,6-11,15-16H2,(H,33,35);1H. The highest BCUT2D eigenvalue weighted by molar-refractivity contribution is 5.85. The molecule has 5 amide bonds. The van der Waals surface area contributed by atoms with Crippen molar-refractivity contribution in [1.82, 2.24) is 30.7 Å². The third-order valence-electron chi connectivity index (χ3n) is 14.3. The van der Waals surface area contributed by atoms with Gasteiger partial charge in [0.25, 0.3) is 0 Å². The first-order chi connectivity index (χ1) is 36.9. The van der Waals surface area contributed by atoms with Crippen molar-refractivity contribution >= 4 is 30.6 Å². The van der Waals surface area contributed by atoms with Gasteiger partial charge in [0, 0.05) is 38.3 Å². The SMILES string of the molecule is CC(C)(C)OC(=O)N1CCC(N2CCC(COCc3cc(C(F)(F)F)cc(C(F)(F)F)c3)(c3ccccc3)NC2=O)CC1.Cl.O=C1NC(COCc2cc(C(F)(F)F)cc(C(F)(F)F)c2)(c2ccccc2)CCN1C1CCNCC1. The fraction of sp³-hybridized carbons (Fsp3) is 0.509. The first-order valence-corrected chi connectivity index (χ1v) is 25.6. The summed E-state index contributed by atoms with van der Waals surface area (Å²) in [6, 6.07) is 20.0. The van der Waals surface area contributed by atoms with E-state index in [0.717, 1.165) is 31.5 Å². The maximum Gasteiger partial charge on any atom is 0.416 e. The van der Waals surface area contributed by atoms with Crippen molar-refractivity contribution in [2.24, 2.45) is 0 Å². The van der Waals surface area contributed by atoms with Crippen LogP contribution in [0.1, 0.15) is 104 Å². The number of amides is 5. The average Bonchev–Trinajstić information content (AvgIpc) is 3.45. The van der Waals surface area contributed by atoms with Crippen molar-refractivity contribution in [2.75, 3.05) is 52.5 Å². The zero-order valence-corrected chi connectivity index (χ0v) is 44.8. The Kier molecular flexibility index (Phi) is 20.1. The number of carbonyl (C=O) groups excluding carboxylic acids is 3. The van der Waals surface area contributed by atoms with Crippen LogP contribution < -0.4 is 16.0 Å². The topological polar surface area (TPSA) is 125 Å². The molecule has 0 aliphatic carbocycles. The normalized spacial score (nSPS) is 21.0. The number of urea groups is 2. The molecule has 0 bridgehead atoms. The maximum atomic E-state index is 13.4. The smallest absolute Gasteiger partial charge is 0.416 e. The van der Waals surface area contributed by atoms with E-state index in [1.165, 1.54) is 0 Å². The van der Waals surface area contributed by atoms with Crippen molar-refractivity contribution in [3.05, 3.63) is 142 Å². The zero-order valence-electron chi connectivity index (χ0n) is 43.9. The molecule has 4 aromatic carbocycles. The second kappa shape index (κ2) is 25.4. The summed E-state index contributed by atoms with van der Waals surface area (Å²) in [5, 5.41) is 9.31. The lowest BCUT2D eigenvalue weighted by molar-refractivity contribution is -0.144. The van der Waals surface area contributed by atoms with Crippen molar-refractivity contribution in [2.45, 2.75) is 126 Å². The Labute approximate surface area is 461 Å². The van der Waals surface area contributed by atoms with Crippen LogP contribution >= 0.6 is 12.4 Å². The summed E-state index contributed by atoms with van der Waals surface area (Å²) in [4.78, 5) is 44.1. The minimum atomic E-state index is -4.97. The van der Waals surface area contributed by atoms with Gasteiger partial charge in [-0.1, -0.05) is 60.7 Å². The lowest BCUT2D eigenvalue weighted by atomic mass is 9.85. The number of ether oxygens (including phenoxy) is 3. The van der Waals surface area contributed by atoms with Gasteiger partial charge in [0.05, 0.1) is 59.8 Å². The van der Waals surface area contributed by atoms with E-state index in [1.54, 1.807) is 77.9 Å². The van der Waals surface area contributed by atoms with Gasteiger partial charge >= 0.3 is 42.9 Å². The van der Waals surface area contributed by atoms with E-state index in [4.69, 9.17) is 14.2 Å². The highest BCUT2D eigenvalue weighted by Crippen LogP contribution is 2.40. The lowest BCUT2D eigenvalue weighted by Gasteiger charge is -2.46. The fourth-order valence-electron chi connectivity index (χ4n) is 10.2. The van der Waals surface area contributed by atoms with Crippen LogP contribution in [-0.2, 0) is 63.2 Å². The van der Waals surface area contributed by atoms with Crippen molar-refractivity contribution < 1.29 is 81.3 Å². The second-order valence-electron chi connectivity index (χ2n) is 21.1. The van der Waals surface area contributed by atoms with E-state index in [9.17, 15) is 67.1 Å². The Balaban J connectivity index is 0.000000259. The van der Waals surface area contributed by atoms with Crippen LogP contribution in [0.5, 0.6) is 0 Å². The molecule has 3 N–H and O–H groups in total. The molecule has 4 aliphatic heterocycles. The monoisotopic (exact) mass is 1170 g/mol. The molecule has 440 valence electrons. The molecule has 4 aliphatic rings. The Morgan fingerprint density at radius 2 is 0.887 bits per heavy atom. The third-order valence-corrected chi connectivity index (χ3v) is 14.3. The molecule has 80 heavy (non-hydrogen) atoms. The number of piperidine rings is 2. The van der Waals surface area contributed by atoms with E-state index in [0.29, 0.717) is 81.7 Å². The number of nitrogens with one attached hydrogen (secondary N) is 3. The summed E-state index contributed by atoms with van der Waals surface area (Å²) in [7, 11) is 0. The molecular formula is C55H63ClF12N6O6. The highest BCUT2D eigenvalue weighted by atomic mass is 35.5. The van der Waals surface area contributed by atoms with Crippen LogP contribution in [0.15, 0.2) is 97.1 Å². The number of hydrogen-bond donors (Lipinski definition) is 3. The maximum absolute atomic E-state index is 13.4. The Morgan fingerprint density at radius 3 is 1.21 bits per heavy atom. The van der Waals surface area contributed by atoms with E-state index in [-0.39, 0.29) is 73.0 Å². The molecule has 0 spiro atoms. The van der Waals surface area contributed by atoms with E-state index < -0.39 is 82.9 Å². The Bertz CT molecular complexity index is 2650. The van der Waals surface area contributed by atoms with Gasteiger partial charge in [0.2, 0.25) is 0 Å². The van der Waals surface area contributed by atoms with Gasteiger partial charge in [-0.25, -0.2) is 14.4 Å². The number of likely N-dealkylation sites (tertiary alicyclic amines) is 1. The van der Waals surface area contributed by atoms with Crippen LogP contribution in [-0.4, -0.2) is 103 Å². The number of carbonyl (C=O) groups is 3. The van der Waals surface area contributed by atoms with Gasteiger partial charge in [-0.05, 0) is 131 Å². The molecule has 8 rings (SSSR count). The second-order valence-corrected chi connectivity index (χ2v) is 21.1. The Hall–Kier alpha value is -5.98. The summed E-state index contributed by atoms with van der Waals surface area (Å²) < 4.78 is 176. The minimum Gasteiger partial charge on any atom is -0.444 e. The molecule has 4 fully saturated rings. The summed E-state index contributed by atoms with van der Waals surface area (Å²) in [6.45, 7) is 7.36. The van der Waals surface area contributed by atoms with Gasteiger partial charge < -0.3 is 44.9 Å². The summed E-state index contributed by atoms with van der Waals surface area (Å²) in [5.74, 6) is 0. The van der Waals surface area contributed by atoms with Gasteiger partial charge in [-0.2, -0.15) is 52.7 Å². The van der Waals surface area contributed by atoms with Gasteiger partial charge in [-0.15, -0.1) is 12.4 Å². The Morgan fingerprint density at radius 1 is 0.537 bits per heavy atom. The summed E-state index contributed by atoms with van der Waals surface area (Å²) >= 11 is 0. The third kappa shape index (κ3) is 16.4. The van der Waals surface area contributed by atoms with Gasteiger partial charge in [-0.3, -0.25) is 0 Å². The number of hydrogen-bond acceptors (Lipinski definition) is 7. The molecule has 0 radical (unpaired) electrons. The predicted molar refractivity (Wildman–Crippen MR) is 272 cm³/mol. The first kappa shape index (κ1) is 63.2. The molecule has 2 unspecified atom stereocenters. The largest absolute Gasteiger partial charge is 0.444 e. The average molecular weight is 1170 g/mol. The molecule has 4 saturated heterocycles. The van der Waals surface area contributed by atoms with Crippen molar-refractivity contribution in [1.29, 1.82) is 0 Å². The first-order valence-electron chi connectivity index (χ1n) is 25.6. The molecule has 0 aromatic heterocycles. The van der Waals surface area contributed by atoms with E-state index in [1.807, 2.05) is 18.2 Å². The molecule has 4 aromatic rings. The van der Waals surface area contributed by atoms with Crippen LogP contribution in [0.25, 0.3) is 0 Å². The minimum absolute atomic E-state index is 0. The number of benzene rings is 4. The predicted octanol–water partition coefficient (Wildman–Crippen LogP) is 12.7. The highest BCUT2D eigenvalue weighted by Gasteiger charge is 2.45. The van der Waals surface area contributed by atoms with Crippen LogP contribution in [0, 0.1) is 0 Å². The molecule has 25 heteroatoms. The molecule has 0 saturated carbocycles.